The van der Waals surface area contributed by atoms with Crippen molar-refractivity contribution in [1.29, 1.82) is 0 Å². The number of rotatable bonds is 8. The first-order valence-electron chi connectivity index (χ1n) is 11.8. The fraction of sp³-hybridized carbons (Fsp3) is 0.462. The zero-order chi connectivity index (χ0) is 23.2. The molecule has 33 heavy (non-hydrogen) atoms. The predicted molar refractivity (Wildman–Crippen MR) is 126 cm³/mol. The molecule has 0 aromatic heterocycles. The molecule has 7 nitrogen and oxygen atoms in total. The molecule has 2 aromatic carbocycles. The first-order valence-corrected chi connectivity index (χ1v) is 11.8. The van der Waals surface area contributed by atoms with Gasteiger partial charge in [0, 0.05) is 50.0 Å². The second kappa shape index (κ2) is 10.9. The molecule has 176 valence electrons. The summed E-state index contributed by atoms with van der Waals surface area (Å²) >= 11 is 0. The summed E-state index contributed by atoms with van der Waals surface area (Å²) in [6, 6.07) is 15.3. The van der Waals surface area contributed by atoms with Crippen molar-refractivity contribution in [3.8, 4) is 0 Å². The van der Waals surface area contributed by atoms with Crippen LogP contribution in [0, 0.1) is 5.92 Å². The summed E-state index contributed by atoms with van der Waals surface area (Å²) in [5.41, 5.74) is 3.72. The monoisotopic (exact) mass is 451 g/mol. The Hall–Kier alpha value is -2.74. The molecular formula is C26H33N3O4. The first-order chi connectivity index (χ1) is 16.0. The standard InChI is InChI=1S/C26H33N3O4/c30-17-18-9-11-29(12-10-18)26(33)20-7-5-19(6-8-20)25(32)28-16-24(31)15-27-23-13-21-3-1-2-4-22(21)14-23/h1-8,18,23-24,27,30-31H,9-17H2,(H,28,32)/t24-/m0/s1. The van der Waals surface area contributed by atoms with Gasteiger partial charge in [0.05, 0.1) is 6.10 Å². The maximum atomic E-state index is 12.7. The number of amides is 2. The van der Waals surface area contributed by atoms with Crippen LogP contribution in [0.3, 0.4) is 0 Å². The fourth-order valence-electron chi connectivity index (χ4n) is 4.66. The molecule has 1 saturated heterocycles. The van der Waals surface area contributed by atoms with Gasteiger partial charge in [-0.05, 0) is 67.0 Å². The summed E-state index contributed by atoms with van der Waals surface area (Å²) in [6.07, 6.45) is 2.86. The molecule has 0 saturated carbocycles. The molecule has 4 rings (SSSR count). The fourth-order valence-corrected chi connectivity index (χ4v) is 4.66. The van der Waals surface area contributed by atoms with Gasteiger partial charge in [-0.25, -0.2) is 0 Å². The first kappa shape index (κ1) is 23.4. The highest BCUT2D eigenvalue weighted by molar-refractivity contribution is 5.97. The second-order valence-corrected chi connectivity index (χ2v) is 9.14. The van der Waals surface area contributed by atoms with Gasteiger partial charge in [-0.1, -0.05) is 24.3 Å². The quantitative estimate of drug-likeness (QED) is 0.486. The lowest BCUT2D eigenvalue weighted by atomic mass is 9.97. The third kappa shape index (κ3) is 5.99. The van der Waals surface area contributed by atoms with E-state index in [9.17, 15) is 19.8 Å². The Kier molecular flexibility index (Phi) is 7.75. The number of nitrogens with one attached hydrogen (secondary N) is 2. The number of carbonyl (C=O) groups is 2. The van der Waals surface area contributed by atoms with Crippen molar-refractivity contribution in [2.75, 3.05) is 32.8 Å². The largest absolute Gasteiger partial charge is 0.396 e. The number of piperidine rings is 1. The molecule has 4 N–H and O–H groups in total. The minimum atomic E-state index is -0.680. The molecule has 0 unspecified atom stereocenters. The lowest BCUT2D eigenvalue weighted by Gasteiger charge is -2.31. The highest BCUT2D eigenvalue weighted by Gasteiger charge is 2.24. The van der Waals surface area contributed by atoms with Crippen molar-refractivity contribution in [3.63, 3.8) is 0 Å². The molecule has 1 aliphatic heterocycles. The summed E-state index contributed by atoms with van der Waals surface area (Å²) in [5, 5.41) is 25.7. The summed E-state index contributed by atoms with van der Waals surface area (Å²) in [5.74, 6) is -0.0425. The van der Waals surface area contributed by atoms with Crippen LogP contribution in [0.5, 0.6) is 0 Å². The highest BCUT2D eigenvalue weighted by atomic mass is 16.3. The van der Waals surface area contributed by atoms with Crippen molar-refractivity contribution in [2.24, 2.45) is 5.92 Å². The van der Waals surface area contributed by atoms with Gasteiger partial charge in [0.2, 0.25) is 0 Å². The van der Waals surface area contributed by atoms with E-state index in [1.54, 1.807) is 29.2 Å². The van der Waals surface area contributed by atoms with Gasteiger partial charge in [0.25, 0.3) is 11.8 Å². The van der Waals surface area contributed by atoms with Crippen molar-refractivity contribution in [2.45, 2.75) is 37.8 Å². The van der Waals surface area contributed by atoms with Crippen LogP contribution in [0.15, 0.2) is 48.5 Å². The molecule has 2 aromatic rings. The van der Waals surface area contributed by atoms with Crippen LogP contribution in [-0.2, 0) is 12.8 Å². The van der Waals surface area contributed by atoms with Crippen molar-refractivity contribution in [3.05, 3.63) is 70.8 Å². The maximum Gasteiger partial charge on any atom is 0.253 e. The maximum absolute atomic E-state index is 12.7. The van der Waals surface area contributed by atoms with Crippen molar-refractivity contribution < 1.29 is 19.8 Å². The Morgan fingerprint density at radius 1 is 0.939 bits per heavy atom. The number of aliphatic hydroxyl groups is 2. The number of aliphatic hydroxyl groups excluding tert-OH is 2. The van der Waals surface area contributed by atoms with E-state index in [0.29, 0.717) is 36.8 Å². The van der Waals surface area contributed by atoms with E-state index >= 15 is 0 Å². The highest BCUT2D eigenvalue weighted by Crippen LogP contribution is 2.21. The van der Waals surface area contributed by atoms with E-state index in [1.165, 1.54) is 11.1 Å². The van der Waals surface area contributed by atoms with Gasteiger partial charge in [0.1, 0.15) is 0 Å². The van der Waals surface area contributed by atoms with Gasteiger partial charge in [-0.15, -0.1) is 0 Å². The molecule has 1 atom stereocenters. The average Bonchev–Trinajstić information content (AvgIpc) is 3.29. The van der Waals surface area contributed by atoms with E-state index in [0.717, 1.165) is 25.7 Å². The SMILES string of the molecule is O=C(NC[C@@H](O)CNC1Cc2ccccc2C1)c1ccc(C(=O)N2CCC(CO)CC2)cc1. The summed E-state index contributed by atoms with van der Waals surface area (Å²) in [6.45, 7) is 2.03. The third-order valence-electron chi connectivity index (χ3n) is 6.75. The van der Waals surface area contributed by atoms with Gasteiger partial charge < -0.3 is 25.7 Å². The number of likely N-dealkylation sites (tertiary alicyclic amines) is 1. The van der Waals surface area contributed by atoms with Crippen LogP contribution in [-0.4, -0.2) is 71.9 Å². The molecule has 7 heteroatoms. The van der Waals surface area contributed by atoms with E-state index in [4.69, 9.17) is 0 Å². The number of benzene rings is 2. The van der Waals surface area contributed by atoms with Gasteiger partial charge in [-0.3, -0.25) is 9.59 Å². The van der Waals surface area contributed by atoms with E-state index in [-0.39, 0.29) is 30.9 Å². The second-order valence-electron chi connectivity index (χ2n) is 9.14. The molecule has 1 heterocycles. The van der Waals surface area contributed by atoms with Crippen LogP contribution >= 0.6 is 0 Å². The smallest absolute Gasteiger partial charge is 0.253 e. The van der Waals surface area contributed by atoms with Crippen LogP contribution < -0.4 is 10.6 Å². The third-order valence-corrected chi connectivity index (χ3v) is 6.75. The van der Waals surface area contributed by atoms with Crippen LogP contribution in [0.2, 0.25) is 0 Å². The molecule has 1 fully saturated rings. The lowest BCUT2D eigenvalue weighted by Crippen LogP contribution is -2.41. The Bertz CT molecular complexity index is 929. The molecule has 0 bridgehead atoms. The summed E-state index contributed by atoms with van der Waals surface area (Å²) < 4.78 is 0. The summed E-state index contributed by atoms with van der Waals surface area (Å²) in [7, 11) is 0. The Morgan fingerprint density at radius 2 is 1.55 bits per heavy atom. The predicted octanol–water partition coefficient (Wildman–Crippen LogP) is 1.38. The number of hydrogen-bond acceptors (Lipinski definition) is 5. The van der Waals surface area contributed by atoms with Crippen LogP contribution in [0.4, 0.5) is 0 Å². The van der Waals surface area contributed by atoms with Gasteiger partial charge in [-0.2, -0.15) is 0 Å². The minimum Gasteiger partial charge on any atom is -0.396 e. The molecule has 2 amide bonds. The van der Waals surface area contributed by atoms with Gasteiger partial charge >= 0.3 is 0 Å². The zero-order valence-electron chi connectivity index (χ0n) is 18.9. The van der Waals surface area contributed by atoms with E-state index < -0.39 is 6.10 Å². The number of hydrogen-bond donors (Lipinski definition) is 4. The van der Waals surface area contributed by atoms with E-state index in [2.05, 4.69) is 34.9 Å². The van der Waals surface area contributed by atoms with Gasteiger partial charge in [0.15, 0.2) is 0 Å². The average molecular weight is 452 g/mol. The number of carbonyl (C=O) groups excluding carboxylic acids is 2. The molecule has 0 radical (unpaired) electrons. The Morgan fingerprint density at radius 3 is 2.15 bits per heavy atom. The number of fused-ring (bicyclic) bond motifs is 1. The molecule has 1 aliphatic carbocycles. The molecule has 2 aliphatic rings. The van der Waals surface area contributed by atoms with Crippen LogP contribution in [0.25, 0.3) is 0 Å². The topological polar surface area (TPSA) is 102 Å². The van der Waals surface area contributed by atoms with E-state index in [1.807, 2.05) is 0 Å². The lowest BCUT2D eigenvalue weighted by molar-refractivity contribution is 0.0650. The number of nitrogens with zero attached hydrogens (tertiary/aromatic N) is 1. The minimum absolute atomic E-state index is 0.0473. The van der Waals surface area contributed by atoms with Crippen molar-refractivity contribution in [1.82, 2.24) is 15.5 Å². The van der Waals surface area contributed by atoms with Crippen molar-refractivity contribution >= 4 is 11.8 Å². The Balaban J connectivity index is 1.19. The zero-order valence-corrected chi connectivity index (χ0v) is 18.9. The van der Waals surface area contributed by atoms with Crippen LogP contribution in [0.1, 0.15) is 44.7 Å². The molecular weight excluding hydrogens is 418 g/mol. The molecule has 0 spiro atoms. The summed E-state index contributed by atoms with van der Waals surface area (Å²) in [4.78, 5) is 26.9. The Labute approximate surface area is 194 Å². The normalized spacial score (nSPS) is 17.6.